The highest BCUT2D eigenvalue weighted by atomic mass is 16.5. The molecule has 0 amide bonds. The number of carbonyl (C=O) groups excluding carboxylic acids is 2. The van der Waals surface area contributed by atoms with Crippen LogP contribution in [-0.4, -0.2) is 18.9 Å². The van der Waals surface area contributed by atoms with Crippen molar-refractivity contribution in [1.82, 2.24) is 0 Å². The van der Waals surface area contributed by atoms with E-state index in [1.54, 1.807) is 0 Å². The molecule has 0 aromatic heterocycles. The Labute approximate surface area is 176 Å². The van der Waals surface area contributed by atoms with Gasteiger partial charge >= 0.3 is 0 Å². The summed E-state index contributed by atoms with van der Waals surface area (Å²) in [6.07, 6.45) is 15.2. The summed E-state index contributed by atoms with van der Waals surface area (Å²) in [6, 6.07) is 0. The van der Waals surface area contributed by atoms with Gasteiger partial charge < -0.3 is 9.53 Å². The van der Waals surface area contributed by atoms with Crippen molar-refractivity contribution in [3.63, 3.8) is 0 Å². The van der Waals surface area contributed by atoms with Crippen molar-refractivity contribution in [1.29, 1.82) is 0 Å². The predicted molar refractivity (Wildman–Crippen MR) is 113 cm³/mol. The van der Waals surface area contributed by atoms with E-state index in [4.69, 9.17) is 4.74 Å². The molecule has 5 aliphatic rings. The minimum Gasteiger partial charge on any atom is -0.464 e. The van der Waals surface area contributed by atoms with Crippen LogP contribution in [-0.2, 0) is 14.3 Å². The van der Waals surface area contributed by atoms with Crippen LogP contribution in [0.5, 0.6) is 0 Å². The Morgan fingerprint density at radius 3 is 2.28 bits per heavy atom. The summed E-state index contributed by atoms with van der Waals surface area (Å²) in [7, 11) is 0. The minimum absolute atomic E-state index is 0.0320. The first-order valence-electron chi connectivity index (χ1n) is 12.4. The van der Waals surface area contributed by atoms with E-state index in [9.17, 15) is 9.59 Å². The first-order chi connectivity index (χ1) is 13.9. The van der Waals surface area contributed by atoms with Crippen LogP contribution in [0.3, 0.4) is 0 Å². The summed E-state index contributed by atoms with van der Waals surface area (Å²) >= 11 is 0. The van der Waals surface area contributed by atoms with Gasteiger partial charge in [0.05, 0.1) is 0 Å². The molecular formula is C26H40O3. The standard InChI is InChI=1S/C26H40O3/c1-17-19-8-12-25(3)20-9-14-26(15-27)11-4-5-21(26)18(20)6-7-23(25)24(19,2)13-10-22(17)29-16-28/h15-23H,4-14H2,1-3H3/t17?,18?,19?,20?,21-,22?,23?,24?,25?,26?/m1/s1. The number of fused-ring (bicyclic) bond motifs is 7. The van der Waals surface area contributed by atoms with Crippen LogP contribution in [0.25, 0.3) is 0 Å². The van der Waals surface area contributed by atoms with Crippen molar-refractivity contribution < 1.29 is 14.3 Å². The average Bonchev–Trinajstić information content (AvgIpc) is 3.15. The fraction of sp³-hybridized carbons (Fsp3) is 0.923. The number of hydrogen-bond acceptors (Lipinski definition) is 3. The van der Waals surface area contributed by atoms with E-state index in [0.717, 1.165) is 37.0 Å². The lowest BCUT2D eigenvalue weighted by molar-refractivity contribution is -0.197. The second kappa shape index (κ2) is 6.82. The van der Waals surface area contributed by atoms with E-state index >= 15 is 0 Å². The van der Waals surface area contributed by atoms with Crippen LogP contribution in [0.4, 0.5) is 0 Å². The molecule has 0 bridgehead atoms. The zero-order valence-electron chi connectivity index (χ0n) is 18.7. The molecule has 5 aliphatic carbocycles. The zero-order valence-corrected chi connectivity index (χ0v) is 18.7. The molecule has 0 aromatic carbocycles. The number of hydrogen-bond donors (Lipinski definition) is 0. The lowest BCUT2D eigenvalue weighted by atomic mass is 9.38. The van der Waals surface area contributed by atoms with Gasteiger partial charge in [0.25, 0.3) is 6.47 Å². The quantitative estimate of drug-likeness (QED) is 0.562. The van der Waals surface area contributed by atoms with Crippen LogP contribution < -0.4 is 0 Å². The normalized spacial score (nSPS) is 56.3. The number of aldehydes is 1. The monoisotopic (exact) mass is 400 g/mol. The highest BCUT2D eigenvalue weighted by molar-refractivity contribution is 5.61. The molecular weight excluding hydrogens is 360 g/mol. The Hall–Kier alpha value is -0.860. The van der Waals surface area contributed by atoms with Crippen molar-refractivity contribution in [2.24, 2.45) is 51.8 Å². The van der Waals surface area contributed by atoms with E-state index in [1.165, 1.54) is 57.7 Å². The fourth-order valence-corrected chi connectivity index (χ4v) is 10.3. The lowest BCUT2D eigenvalue weighted by Gasteiger charge is -2.67. The first-order valence-corrected chi connectivity index (χ1v) is 12.4. The molecule has 0 saturated heterocycles. The van der Waals surface area contributed by atoms with Crippen molar-refractivity contribution in [2.45, 2.75) is 97.5 Å². The molecule has 5 fully saturated rings. The van der Waals surface area contributed by atoms with E-state index in [0.29, 0.717) is 35.1 Å². The fourth-order valence-electron chi connectivity index (χ4n) is 10.3. The Morgan fingerprint density at radius 2 is 1.52 bits per heavy atom. The zero-order chi connectivity index (χ0) is 20.4. The molecule has 3 nitrogen and oxygen atoms in total. The maximum Gasteiger partial charge on any atom is 0.293 e. The summed E-state index contributed by atoms with van der Waals surface area (Å²) in [6.45, 7) is 8.23. The Kier molecular flexibility index (Phi) is 4.72. The summed E-state index contributed by atoms with van der Waals surface area (Å²) in [4.78, 5) is 23.1. The van der Waals surface area contributed by atoms with Crippen LogP contribution in [0, 0.1) is 51.8 Å². The Bertz CT molecular complexity index is 675. The largest absolute Gasteiger partial charge is 0.464 e. The van der Waals surface area contributed by atoms with Gasteiger partial charge in [-0.05, 0) is 111 Å². The van der Waals surface area contributed by atoms with Crippen molar-refractivity contribution in [3.05, 3.63) is 0 Å². The maximum absolute atomic E-state index is 12.1. The molecule has 0 N–H and O–H groups in total. The second-order valence-corrected chi connectivity index (χ2v) is 12.1. The molecule has 5 rings (SSSR count). The van der Waals surface area contributed by atoms with Gasteiger partial charge in [0, 0.05) is 5.41 Å². The van der Waals surface area contributed by atoms with E-state index in [1.807, 2.05) is 0 Å². The van der Waals surface area contributed by atoms with Gasteiger partial charge in [-0.2, -0.15) is 0 Å². The molecule has 9 unspecified atom stereocenters. The highest BCUT2D eigenvalue weighted by Crippen LogP contribution is 2.71. The van der Waals surface area contributed by atoms with Gasteiger partial charge in [0.1, 0.15) is 12.4 Å². The third kappa shape index (κ3) is 2.61. The molecule has 0 aliphatic heterocycles. The van der Waals surface area contributed by atoms with Crippen molar-refractivity contribution in [2.75, 3.05) is 0 Å². The summed E-state index contributed by atoms with van der Waals surface area (Å²) in [5.74, 6) is 4.21. The number of rotatable bonds is 3. The van der Waals surface area contributed by atoms with E-state index < -0.39 is 0 Å². The van der Waals surface area contributed by atoms with Crippen LogP contribution >= 0.6 is 0 Å². The summed E-state index contributed by atoms with van der Waals surface area (Å²) in [5.41, 5.74) is 0.850. The Balaban J connectivity index is 1.43. The number of carbonyl (C=O) groups is 2. The molecule has 0 radical (unpaired) electrons. The molecule has 0 heterocycles. The van der Waals surface area contributed by atoms with E-state index in [2.05, 4.69) is 20.8 Å². The molecule has 3 heteroatoms. The second-order valence-electron chi connectivity index (χ2n) is 12.1. The van der Waals surface area contributed by atoms with Gasteiger partial charge in [0.15, 0.2) is 0 Å². The topological polar surface area (TPSA) is 43.4 Å². The van der Waals surface area contributed by atoms with Gasteiger partial charge in [-0.25, -0.2) is 0 Å². The molecule has 0 spiro atoms. The number of ether oxygens (including phenoxy) is 1. The van der Waals surface area contributed by atoms with Crippen LogP contribution in [0.15, 0.2) is 0 Å². The molecule has 5 saturated carbocycles. The van der Waals surface area contributed by atoms with Gasteiger partial charge in [-0.3, -0.25) is 4.79 Å². The molecule has 0 aromatic rings. The average molecular weight is 401 g/mol. The van der Waals surface area contributed by atoms with Gasteiger partial charge in [0.2, 0.25) is 0 Å². The third-order valence-electron chi connectivity index (χ3n) is 11.6. The molecule has 162 valence electrons. The van der Waals surface area contributed by atoms with Crippen LogP contribution in [0.1, 0.15) is 91.4 Å². The van der Waals surface area contributed by atoms with Crippen molar-refractivity contribution in [3.8, 4) is 0 Å². The molecule has 29 heavy (non-hydrogen) atoms. The van der Waals surface area contributed by atoms with Crippen LogP contribution in [0.2, 0.25) is 0 Å². The third-order valence-corrected chi connectivity index (χ3v) is 11.6. The van der Waals surface area contributed by atoms with E-state index in [-0.39, 0.29) is 11.5 Å². The smallest absolute Gasteiger partial charge is 0.293 e. The SMILES string of the molecule is CC1C(OC=O)CCC2(C)C1CCC1(C)C3CCC4(C=O)CCC[C@@H]4C3CCC21. The minimum atomic E-state index is 0.0320. The highest BCUT2D eigenvalue weighted by Gasteiger charge is 2.64. The predicted octanol–water partition coefficient (Wildman–Crippen LogP) is 5.80. The lowest BCUT2D eigenvalue weighted by Crippen LogP contribution is -2.61. The van der Waals surface area contributed by atoms with Gasteiger partial charge in [-0.1, -0.05) is 27.2 Å². The summed E-state index contributed by atoms with van der Waals surface area (Å²) in [5, 5.41) is 0. The summed E-state index contributed by atoms with van der Waals surface area (Å²) < 4.78 is 5.49. The maximum atomic E-state index is 12.1. The van der Waals surface area contributed by atoms with Crippen molar-refractivity contribution >= 4 is 12.8 Å². The molecule has 10 atom stereocenters. The first kappa shape index (κ1) is 20.1. The Morgan fingerprint density at radius 1 is 0.793 bits per heavy atom. The van der Waals surface area contributed by atoms with Gasteiger partial charge in [-0.15, -0.1) is 0 Å².